The number of nitrogens with zero attached hydrogens (tertiary/aromatic N) is 5. The Morgan fingerprint density at radius 1 is 1.13 bits per heavy atom. The van der Waals surface area contributed by atoms with E-state index in [9.17, 15) is 4.79 Å². The lowest BCUT2D eigenvalue weighted by atomic mass is 10.1. The first-order valence-corrected chi connectivity index (χ1v) is 10.3. The minimum absolute atomic E-state index is 0.0347. The summed E-state index contributed by atoms with van der Waals surface area (Å²) in [5.74, 6) is 1.56. The zero-order chi connectivity index (χ0) is 21.7. The van der Waals surface area contributed by atoms with Gasteiger partial charge in [0, 0.05) is 43.8 Å². The molecule has 2 heterocycles. The minimum Gasteiger partial charge on any atom is -0.363 e. The maximum atomic E-state index is 12.3. The fourth-order valence-corrected chi connectivity index (χ4v) is 3.41. The van der Waals surface area contributed by atoms with Crippen LogP contribution in [0.3, 0.4) is 0 Å². The average Bonchev–Trinajstić information content (AvgIpc) is 3.01. The molecule has 0 unspecified atom stereocenters. The van der Waals surface area contributed by atoms with Gasteiger partial charge in [0.05, 0.1) is 5.69 Å². The second-order valence-corrected chi connectivity index (χ2v) is 7.85. The van der Waals surface area contributed by atoms with Gasteiger partial charge in [0.2, 0.25) is 5.91 Å². The van der Waals surface area contributed by atoms with E-state index < -0.39 is 0 Å². The van der Waals surface area contributed by atoms with Crippen LogP contribution in [0.15, 0.2) is 36.7 Å². The van der Waals surface area contributed by atoms with Gasteiger partial charge in [-0.25, -0.2) is 14.6 Å². The van der Waals surface area contributed by atoms with Crippen LogP contribution in [-0.4, -0.2) is 46.3 Å². The van der Waals surface area contributed by atoms with E-state index in [1.165, 1.54) is 6.33 Å². The molecule has 0 saturated heterocycles. The molecule has 158 valence electrons. The number of carbonyl (C=O) groups excluding carboxylic acids is 1. The molecule has 0 fully saturated rings. The van der Waals surface area contributed by atoms with Crippen LogP contribution in [0.25, 0.3) is 5.82 Å². The normalized spacial score (nSPS) is 10.8. The Balaban J connectivity index is 1.58. The Morgan fingerprint density at radius 2 is 1.87 bits per heavy atom. The molecule has 0 spiro atoms. The van der Waals surface area contributed by atoms with E-state index in [2.05, 4.69) is 20.4 Å². The van der Waals surface area contributed by atoms with Crippen molar-refractivity contribution in [1.29, 1.82) is 0 Å². The molecule has 0 atom stereocenters. The maximum Gasteiger partial charge on any atom is 0.220 e. The van der Waals surface area contributed by atoms with E-state index in [1.807, 2.05) is 67.9 Å². The van der Waals surface area contributed by atoms with Crippen molar-refractivity contribution in [3.05, 3.63) is 64.2 Å². The van der Waals surface area contributed by atoms with Crippen molar-refractivity contribution in [2.45, 2.75) is 33.1 Å². The summed E-state index contributed by atoms with van der Waals surface area (Å²) < 4.78 is 1.82. The van der Waals surface area contributed by atoms with Gasteiger partial charge in [0.15, 0.2) is 5.82 Å². The SMILES string of the molecule is Cc1nn(-c2cc(N(C)C)ncn2)c(C)c1CCC(=O)NCCc1ccc(Cl)cc1. The van der Waals surface area contributed by atoms with Gasteiger partial charge in [-0.15, -0.1) is 0 Å². The van der Waals surface area contributed by atoms with E-state index in [0.29, 0.717) is 30.2 Å². The molecule has 7 nitrogen and oxygen atoms in total. The number of rotatable bonds is 8. The van der Waals surface area contributed by atoms with Gasteiger partial charge >= 0.3 is 0 Å². The fourth-order valence-electron chi connectivity index (χ4n) is 3.28. The van der Waals surface area contributed by atoms with Crippen molar-refractivity contribution < 1.29 is 4.79 Å². The lowest BCUT2D eigenvalue weighted by Gasteiger charge is -2.12. The summed E-state index contributed by atoms with van der Waals surface area (Å²) in [6.45, 7) is 4.57. The summed E-state index contributed by atoms with van der Waals surface area (Å²) in [6, 6.07) is 9.57. The summed E-state index contributed by atoms with van der Waals surface area (Å²) in [5, 5.41) is 8.34. The highest BCUT2D eigenvalue weighted by Crippen LogP contribution is 2.20. The van der Waals surface area contributed by atoms with Crippen molar-refractivity contribution in [2.24, 2.45) is 0 Å². The van der Waals surface area contributed by atoms with Crippen molar-refractivity contribution in [3.63, 3.8) is 0 Å². The predicted octanol–water partition coefficient (Wildman–Crippen LogP) is 3.29. The molecular weight excluding hydrogens is 400 g/mol. The van der Waals surface area contributed by atoms with Crippen LogP contribution in [0.5, 0.6) is 0 Å². The molecule has 2 aromatic heterocycles. The summed E-state index contributed by atoms with van der Waals surface area (Å²) in [7, 11) is 3.87. The number of hydrogen-bond acceptors (Lipinski definition) is 5. The van der Waals surface area contributed by atoms with Crippen molar-refractivity contribution in [3.8, 4) is 5.82 Å². The first kappa shape index (κ1) is 21.8. The molecule has 1 aromatic carbocycles. The minimum atomic E-state index is 0.0347. The third-order valence-corrected chi connectivity index (χ3v) is 5.26. The Hall–Kier alpha value is -2.93. The smallest absolute Gasteiger partial charge is 0.220 e. The fraction of sp³-hybridized carbons (Fsp3) is 0.364. The van der Waals surface area contributed by atoms with E-state index in [4.69, 9.17) is 11.6 Å². The number of carbonyl (C=O) groups is 1. The van der Waals surface area contributed by atoms with E-state index >= 15 is 0 Å². The largest absolute Gasteiger partial charge is 0.363 e. The predicted molar refractivity (Wildman–Crippen MR) is 119 cm³/mol. The molecule has 1 N–H and O–H groups in total. The average molecular weight is 427 g/mol. The molecule has 0 bridgehead atoms. The van der Waals surface area contributed by atoms with Crippen LogP contribution in [-0.2, 0) is 17.6 Å². The first-order valence-electron chi connectivity index (χ1n) is 9.91. The second-order valence-electron chi connectivity index (χ2n) is 7.42. The molecule has 8 heteroatoms. The van der Waals surface area contributed by atoms with Gasteiger partial charge in [-0.1, -0.05) is 23.7 Å². The second kappa shape index (κ2) is 9.71. The molecular formula is C22H27ClN6O. The highest BCUT2D eigenvalue weighted by atomic mass is 35.5. The lowest BCUT2D eigenvalue weighted by Crippen LogP contribution is -2.26. The summed E-state index contributed by atoms with van der Waals surface area (Å²) in [4.78, 5) is 22.8. The third-order valence-electron chi connectivity index (χ3n) is 5.01. The number of aryl methyl sites for hydroxylation is 1. The highest BCUT2D eigenvalue weighted by molar-refractivity contribution is 6.30. The highest BCUT2D eigenvalue weighted by Gasteiger charge is 2.15. The standard InChI is InChI=1S/C22H27ClN6O/c1-15-19(9-10-22(30)24-12-11-17-5-7-18(23)8-6-17)16(2)29(27-15)21-13-20(28(3)4)25-14-26-21/h5-8,13-14H,9-12H2,1-4H3,(H,24,30). The zero-order valence-corrected chi connectivity index (χ0v) is 18.6. The van der Waals surface area contributed by atoms with Crippen LogP contribution < -0.4 is 10.2 Å². The van der Waals surface area contributed by atoms with Gasteiger partial charge in [-0.3, -0.25) is 4.79 Å². The van der Waals surface area contributed by atoms with Crippen LogP contribution >= 0.6 is 11.6 Å². The van der Waals surface area contributed by atoms with Gasteiger partial charge < -0.3 is 10.2 Å². The van der Waals surface area contributed by atoms with Crippen LogP contribution in [0, 0.1) is 13.8 Å². The Morgan fingerprint density at radius 3 is 2.57 bits per heavy atom. The Kier molecular flexibility index (Phi) is 7.05. The van der Waals surface area contributed by atoms with Crippen molar-refractivity contribution in [2.75, 3.05) is 25.5 Å². The van der Waals surface area contributed by atoms with Gasteiger partial charge in [0.25, 0.3) is 0 Å². The number of hydrogen-bond donors (Lipinski definition) is 1. The molecule has 0 aliphatic rings. The van der Waals surface area contributed by atoms with Crippen LogP contribution in [0.1, 0.15) is 28.9 Å². The maximum absolute atomic E-state index is 12.3. The number of halogens is 1. The monoisotopic (exact) mass is 426 g/mol. The molecule has 0 aliphatic heterocycles. The molecule has 3 rings (SSSR count). The summed E-state index contributed by atoms with van der Waals surface area (Å²) >= 11 is 5.90. The zero-order valence-electron chi connectivity index (χ0n) is 17.8. The quantitative estimate of drug-likeness (QED) is 0.598. The molecule has 1 amide bonds. The molecule has 0 saturated carbocycles. The number of nitrogens with one attached hydrogen (secondary N) is 1. The first-order chi connectivity index (χ1) is 14.3. The molecule has 3 aromatic rings. The van der Waals surface area contributed by atoms with E-state index in [0.717, 1.165) is 34.8 Å². The van der Waals surface area contributed by atoms with Crippen molar-refractivity contribution >= 4 is 23.3 Å². The number of benzene rings is 1. The van der Waals surface area contributed by atoms with E-state index in [-0.39, 0.29) is 5.91 Å². The third kappa shape index (κ3) is 5.36. The number of amides is 1. The van der Waals surface area contributed by atoms with Crippen LogP contribution in [0.2, 0.25) is 5.02 Å². The topological polar surface area (TPSA) is 75.9 Å². The number of aromatic nitrogens is 4. The Labute approximate surface area is 182 Å². The van der Waals surface area contributed by atoms with Gasteiger partial charge in [-0.2, -0.15) is 5.10 Å². The lowest BCUT2D eigenvalue weighted by molar-refractivity contribution is -0.121. The molecule has 30 heavy (non-hydrogen) atoms. The van der Waals surface area contributed by atoms with E-state index in [1.54, 1.807) is 0 Å². The van der Waals surface area contributed by atoms with Gasteiger partial charge in [-0.05, 0) is 49.9 Å². The van der Waals surface area contributed by atoms with Crippen LogP contribution in [0.4, 0.5) is 5.82 Å². The summed E-state index contributed by atoms with van der Waals surface area (Å²) in [6.07, 6.45) is 3.37. The molecule has 0 aliphatic carbocycles. The number of anilines is 1. The Bertz CT molecular complexity index is 1010. The summed E-state index contributed by atoms with van der Waals surface area (Å²) in [5.41, 5.74) is 4.12. The molecule has 0 radical (unpaired) electrons. The van der Waals surface area contributed by atoms with Gasteiger partial charge in [0.1, 0.15) is 12.1 Å². The van der Waals surface area contributed by atoms with Crippen molar-refractivity contribution in [1.82, 2.24) is 25.1 Å².